The van der Waals surface area contributed by atoms with E-state index in [1.165, 1.54) is 16.9 Å². The van der Waals surface area contributed by atoms with E-state index in [4.69, 9.17) is 4.74 Å². The van der Waals surface area contributed by atoms with Gasteiger partial charge in [0.05, 0.1) is 17.3 Å². The smallest absolute Gasteiger partial charge is 0.325 e. The summed E-state index contributed by atoms with van der Waals surface area (Å²) in [5.41, 5.74) is 2.84. The van der Waals surface area contributed by atoms with Crippen LogP contribution in [-0.2, 0) is 0 Å². The van der Waals surface area contributed by atoms with E-state index in [0.717, 1.165) is 16.0 Å². The maximum atomic E-state index is 12.1. The van der Waals surface area contributed by atoms with Crippen LogP contribution in [0.5, 0.6) is 5.75 Å². The van der Waals surface area contributed by atoms with E-state index in [1.54, 1.807) is 31.4 Å². The van der Waals surface area contributed by atoms with Gasteiger partial charge in [0.1, 0.15) is 5.75 Å². The molecule has 0 bridgehead atoms. The Balaban J connectivity index is 1.74. The van der Waals surface area contributed by atoms with E-state index < -0.39 is 0 Å². The molecule has 3 rings (SSSR count). The van der Waals surface area contributed by atoms with Crippen molar-refractivity contribution in [1.29, 1.82) is 0 Å². The Morgan fingerprint density at radius 1 is 1.12 bits per heavy atom. The SMILES string of the molecule is COc1ccc(NC(=O)Nc2nc3c(C(C)C)cccc3s2)cc1. The molecule has 0 spiro atoms. The highest BCUT2D eigenvalue weighted by molar-refractivity contribution is 7.22. The van der Waals surface area contributed by atoms with Crippen molar-refractivity contribution in [2.24, 2.45) is 0 Å². The van der Waals surface area contributed by atoms with Gasteiger partial charge in [-0.1, -0.05) is 37.3 Å². The van der Waals surface area contributed by atoms with Crippen LogP contribution < -0.4 is 15.4 Å². The Morgan fingerprint density at radius 2 is 1.88 bits per heavy atom. The number of rotatable bonds is 4. The standard InChI is InChI=1S/C18H19N3O2S/c1-11(2)14-5-4-6-15-16(14)20-18(24-15)21-17(22)19-12-7-9-13(23-3)10-8-12/h4-11H,1-3H3,(H2,19,20,21,22). The van der Waals surface area contributed by atoms with E-state index in [9.17, 15) is 4.79 Å². The quantitative estimate of drug-likeness (QED) is 0.696. The number of benzene rings is 2. The number of thiazole rings is 1. The summed E-state index contributed by atoms with van der Waals surface area (Å²) in [4.78, 5) is 16.7. The molecule has 2 amide bonds. The van der Waals surface area contributed by atoms with Crippen molar-refractivity contribution in [2.45, 2.75) is 19.8 Å². The molecule has 0 aliphatic carbocycles. The number of fused-ring (bicyclic) bond motifs is 1. The Morgan fingerprint density at radius 3 is 2.54 bits per heavy atom. The average Bonchev–Trinajstić information content (AvgIpc) is 2.97. The summed E-state index contributed by atoms with van der Waals surface area (Å²) in [5.74, 6) is 1.13. The predicted octanol–water partition coefficient (Wildman–Crippen LogP) is 5.07. The van der Waals surface area contributed by atoms with E-state index in [0.29, 0.717) is 16.7 Å². The molecule has 2 N–H and O–H groups in total. The molecule has 2 aromatic carbocycles. The van der Waals surface area contributed by atoms with Crippen LogP contribution in [0.15, 0.2) is 42.5 Å². The van der Waals surface area contributed by atoms with Crippen molar-refractivity contribution < 1.29 is 9.53 Å². The number of ether oxygens (including phenoxy) is 1. The molecule has 1 aromatic heterocycles. The van der Waals surface area contributed by atoms with E-state index in [2.05, 4.69) is 35.5 Å². The number of para-hydroxylation sites is 1. The number of carbonyl (C=O) groups excluding carboxylic acids is 1. The largest absolute Gasteiger partial charge is 0.497 e. The molecule has 124 valence electrons. The van der Waals surface area contributed by atoms with Crippen molar-refractivity contribution in [3.05, 3.63) is 48.0 Å². The maximum absolute atomic E-state index is 12.1. The van der Waals surface area contributed by atoms with E-state index in [1.807, 2.05) is 12.1 Å². The third-order valence-corrected chi connectivity index (χ3v) is 4.58. The van der Waals surface area contributed by atoms with Crippen LogP contribution in [0.4, 0.5) is 15.6 Å². The minimum atomic E-state index is -0.315. The minimum Gasteiger partial charge on any atom is -0.497 e. The third-order valence-electron chi connectivity index (χ3n) is 3.64. The van der Waals surface area contributed by atoms with Gasteiger partial charge in [0.25, 0.3) is 0 Å². The average molecular weight is 341 g/mol. The second-order valence-corrected chi connectivity index (χ2v) is 6.71. The van der Waals surface area contributed by atoms with Crippen LogP contribution in [0.25, 0.3) is 10.2 Å². The molecule has 0 saturated heterocycles. The number of hydrogen-bond acceptors (Lipinski definition) is 4. The zero-order valence-electron chi connectivity index (χ0n) is 13.8. The van der Waals surface area contributed by atoms with Gasteiger partial charge in [0.15, 0.2) is 5.13 Å². The van der Waals surface area contributed by atoms with Gasteiger partial charge in [0.2, 0.25) is 0 Å². The van der Waals surface area contributed by atoms with Gasteiger partial charge in [-0.15, -0.1) is 0 Å². The summed E-state index contributed by atoms with van der Waals surface area (Å²) in [6.07, 6.45) is 0. The van der Waals surface area contributed by atoms with Crippen molar-refractivity contribution >= 4 is 38.4 Å². The summed E-state index contributed by atoms with van der Waals surface area (Å²) in [6, 6.07) is 13.0. The monoisotopic (exact) mass is 341 g/mol. The van der Waals surface area contributed by atoms with Crippen molar-refractivity contribution in [2.75, 3.05) is 17.7 Å². The molecule has 0 aliphatic rings. The molecule has 3 aromatic rings. The lowest BCUT2D eigenvalue weighted by molar-refractivity contribution is 0.262. The number of nitrogens with one attached hydrogen (secondary N) is 2. The first-order chi connectivity index (χ1) is 11.6. The maximum Gasteiger partial charge on any atom is 0.325 e. The van der Waals surface area contributed by atoms with Crippen LogP contribution in [-0.4, -0.2) is 18.1 Å². The number of urea groups is 1. The number of carbonyl (C=O) groups is 1. The second kappa shape index (κ2) is 6.88. The number of methoxy groups -OCH3 is 1. The zero-order chi connectivity index (χ0) is 17.1. The number of amides is 2. The van der Waals surface area contributed by atoms with Crippen LogP contribution in [0.1, 0.15) is 25.3 Å². The Kier molecular flexibility index (Phi) is 4.66. The molecule has 0 fully saturated rings. The normalized spacial score (nSPS) is 10.8. The molecule has 0 radical (unpaired) electrons. The molecule has 6 heteroatoms. The number of nitrogens with zero attached hydrogens (tertiary/aromatic N) is 1. The fourth-order valence-electron chi connectivity index (χ4n) is 2.42. The predicted molar refractivity (Wildman–Crippen MR) is 99.3 cm³/mol. The highest BCUT2D eigenvalue weighted by Gasteiger charge is 2.12. The van der Waals surface area contributed by atoms with Gasteiger partial charge >= 0.3 is 6.03 Å². The summed E-state index contributed by atoms with van der Waals surface area (Å²) in [6.45, 7) is 4.27. The summed E-state index contributed by atoms with van der Waals surface area (Å²) >= 11 is 1.47. The molecule has 0 unspecified atom stereocenters. The first-order valence-electron chi connectivity index (χ1n) is 7.68. The molecule has 0 saturated carbocycles. The Bertz CT molecular complexity index is 856. The molecule has 1 heterocycles. The van der Waals surface area contributed by atoms with E-state index in [-0.39, 0.29) is 6.03 Å². The zero-order valence-corrected chi connectivity index (χ0v) is 14.6. The van der Waals surface area contributed by atoms with Crippen molar-refractivity contribution in [3.63, 3.8) is 0 Å². The number of aromatic nitrogens is 1. The fourth-order valence-corrected chi connectivity index (χ4v) is 3.32. The van der Waals surface area contributed by atoms with Crippen molar-refractivity contribution in [1.82, 2.24) is 4.98 Å². The molecular weight excluding hydrogens is 322 g/mol. The Labute approximate surface area is 144 Å². The van der Waals surface area contributed by atoms with Gasteiger partial charge < -0.3 is 10.1 Å². The lowest BCUT2D eigenvalue weighted by Crippen LogP contribution is -2.19. The first kappa shape index (κ1) is 16.3. The molecular formula is C18H19N3O2S. The van der Waals surface area contributed by atoms with Gasteiger partial charge in [-0.3, -0.25) is 5.32 Å². The van der Waals surface area contributed by atoms with Crippen LogP contribution in [0, 0.1) is 0 Å². The highest BCUT2D eigenvalue weighted by atomic mass is 32.1. The third kappa shape index (κ3) is 3.49. The lowest BCUT2D eigenvalue weighted by atomic mass is 10.0. The van der Waals surface area contributed by atoms with Crippen LogP contribution in [0.3, 0.4) is 0 Å². The summed E-state index contributed by atoms with van der Waals surface area (Å²) in [7, 11) is 1.60. The molecule has 0 atom stereocenters. The minimum absolute atomic E-state index is 0.315. The molecule has 0 aliphatic heterocycles. The number of anilines is 2. The Hall–Kier alpha value is -2.60. The lowest BCUT2D eigenvalue weighted by Gasteiger charge is -2.06. The van der Waals surface area contributed by atoms with Gasteiger partial charge in [-0.05, 0) is 41.8 Å². The fraction of sp³-hybridized carbons (Fsp3) is 0.222. The topological polar surface area (TPSA) is 63.2 Å². The van der Waals surface area contributed by atoms with Gasteiger partial charge in [-0.25, -0.2) is 9.78 Å². The van der Waals surface area contributed by atoms with E-state index >= 15 is 0 Å². The molecule has 24 heavy (non-hydrogen) atoms. The van der Waals surface area contributed by atoms with Gasteiger partial charge in [-0.2, -0.15) is 0 Å². The van der Waals surface area contributed by atoms with Crippen LogP contribution in [0.2, 0.25) is 0 Å². The summed E-state index contributed by atoms with van der Waals surface area (Å²) in [5, 5.41) is 6.17. The summed E-state index contributed by atoms with van der Waals surface area (Å²) < 4.78 is 6.17. The molecule has 5 nitrogen and oxygen atoms in total. The van der Waals surface area contributed by atoms with Crippen LogP contribution >= 0.6 is 11.3 Å². The van der Waals surface area contributed by atoms with Crippen molar-refractivity contribution in [3.8, 4) is 5.75 Å². The number of hydrogen-bond donors (Lipinski definition) is 2. The first-order valence-corrected chi connectivity index (χ1v) is 8.50. The van der Waals surface area contributed by atoms with Gasteiger partial charge in [0, 0.05) is 5.69 Å². The second-order valence-electron chi connectivity index (χ2n) is 5.68. The highest BCUT2D eigenvalue weighted by Crippen LogP contribution is 2.31.